The predicted octanol–water partition coefficient (Wildman–Crippen LogP) is 8.93. The average Bonchev–Trinajstić information content (AvgIpc) is 3.82. The van der Waals surface area contributed by atoms with Crippen molar-refractivity contribution in [3.8, 4) is 0 Å². The molecule has 6 aromatic carbocycles. The number of ether oxygens (including phenoxy) is 10. The standard InChI is InChI=1S/C60H59IO15/c1-39(62)67-36-50-52(61)54(71-41(3)64)55(72-42(4)65)57(74-50)76-58(38-69-60(47-30-18-9-19-31-47,48-32-20-10-21-33-48)49-34-22-11-23-35-49)56(73-43(5)66)53(70-40(2)63)51(75-58)37-68-59(44-24-12-6-13-25-44,45-26-14-7-15-27-45)46-28-16-8-17-29-46/h6-35,50-57H,36-38H2,1-5H3/t50-,51-,52-,53-,54+,55-,56+,57-,58+/m1/s1. The Morgan fingerprint density at radius 2 is 0.803 bits per heavy atom. The van der Waals surface area contributed by atoms with E-state index in [1.807, 2.05) is 205 Å². The third-order valence-corrected chi connectivity index (χ3v) is 14.5. The SMILES string of the molecule is CC(=O)OC[C@H]1O[C@H](O[C@]2(COC(c3ccccc3)(c3ccccc3)c3ccccc3)O[C@H](COC(c3ccccc3)(c3ccccc3)c3ccccc3)[C@@H](OC(C)=O)[C@@H]2OC(C)=O)[C@H](OC(C)=O)[C@@H](OC(C)=O)[C@@H]1I. The van der Waals surface area contributed by atoms with Crippen LogP contribution in [-0.2, 0) is 82.5 Å². The van der Waals surface area contributed by atoms with Gasteiger partial charge in [-0.2, -0.15) is 0 Å². The lowest BCUT2D eigenvalue weighted by molar-refractivity contribution is -0.378. The zero-order valence-electron chi connectivity index (χ0n) is 42.6. The first-order chi connectivity index (χ1) is 36.7. The number of halogens is 1. The van der Waals surface area contributed by atoms with Crippen LogP contribution in [0.2, 0.25) is 0 Å². The van der Waals surface area contributed by atoms with Crippen molar-refractivity contribution in [1.82, 2.24) is 0 Å². The van der Waals surface area contributed by atoms with Crippen LogP contribution in [0.5, 0.6) is 0 Å². The first kappa shape index (κ1) is 55.4. The van der Waals surface area contributed by atoms with Gasteiger partial charge in [-0.25, -0.2) is 0 Å². The number of alkyl halides is 1. The summed E-state index contributed by atoms with van der Waals surface area (Å²) in [5.74, 6) is -6.16. The second-order valence-corrected chi connectivity index (χ2v) is 19.7. The van der Waals surface area contributed by atoms with Crippen molar-refractivity contribution in [1.29, 1.82) is 0 Å². The Morgan fingerprint density at radius 3 is 1.17 bits per heavy atom. The Kier molecular flexibility index (Phi) is 18.2. The van der Waals surface area contributed by atoms with Crippen LogP contribution < -0.4 is 0 Å². The molecule has 0 saturated carbocycles. The van der Waals surface area contributed by atoms with E-state index in [0.717, 1.165) is 23.6 Å². The smallest absolute Gasteiger partial charge is 0.303 e. The number of benzene rings is 6. The fourth-order valence-corrected chi connectivity index (χ4v) is 10.9. The molecule has 2 saturated heterocycles. The van der Waals surface area contributed by atoms with Crippen molar-refractivity contribution >= 4 is 52.4 Å². The van der Waals surface area contributed by atoms with Crippen molar-refractivity contribution in [2.45, 2.75) is 98.4 Å². The summed E-state index contributed by atoms with van der Waals surface area (Å²) < 4.78 is 64.9. The third-order valence-electron chi connectivity index (χ3n) is 13.0. The molecule has 2 aliphatic heterocycles. The van der Waals surface area contributed by atoms with Crippen LogP contribution in [0.15, 0.2) is 182 Å². The minimum atomic E-state index is -2.41. The van der Waals surface area contributed by atoms with Gasteiger partial charge in [0.05, 0.1) is 10.5 Å². The fourth-order valence-electron chi connectivity index (χ4n) is 9.96. The maximum Gasteiger partial charge on any atom is 0.303 e. The monoisotopic (exact) mass is 1150 g/mol. The second kappa shape index (κ2) is 24.9. The van der Waals surface area contributed by atoms with Gasteiger partial charge in [0.2, 0.25) is 12.1 Å². The van der Waals surface area contributed by atoms with Crippen LogP contribution in [0, 0.1) is 0 Å². The van der Waals surface area contributed by atoms with Crippen LogP contribution >= 0.6 is 22.6 Å². The zero-order valence-corrected chi connectivity index (χ0v) is 44.7. The Hall–Kier alpha value is -6.80. The Bertz CT molecular complexity index is 2680. The van der Waals surface area contributed by atoms with Gasteiger partial charge in [-0.1, -0.05) is 205 Å². The molecule has 2 aliphatic rings. The normalized spacial score (nSPS) is 23.4. The van der Waals surface area contributed by atoms with Gasteiger partial charge in [-0.05, 0) is 33.4 Å². The molecule has 0 amide bonds. The summed E-state index contributed by atoms with van der Waals surface area (Å²) in [6.45, 7) is 4.61. The van der Waals surface area contributed by atoms with E-state index in [-0.39, 0.29) is 13.2 Å². The van der Waals surface area contributed by atoms with Gasteiger partial charge in [0.1, 0.15) is 36.6 Å². The molecular weight excluding hydrogens is 1090 g/mol. The van der Waals surface area contributed by atoms with Crippen LogP contribution in [-0.4, -0.2) is 102 Å². The fraction of sp³-hybridized carbons (Fsp3) is 0.317. The molecule has 396 valence electrons. The minimum Gasteiger partial charge on any atom is -0.463 e. The van der Waals surface area contributed by atoms with Crippen molar-refractivity contribution in [3.05, 3.63) is 215 Å². The number of esters is 5. The van der Waals surface area contributed by atoms with Crippen LogP contribution in [0.4, 0.5) is 0 Å². The Balaban J connectivity index is 1.35. The molecule has 0 spiro atoms. The van der Waals surface area contributed by atoms with Crippen molar-refractivity contribution < 1.29 is 71.3 Å². The van der Waals surface area contributed by atoms with Gasteiger partial charge in [0.25, 0.3) is 0 Å². The minimum absolute atomic E-state index is 0.350. The summed E-state index contributed by atoms with van der Waals surface area (Å²) in [5, 5.41) is 0. The van der Waals surface area contributed by atoms with Gasteiger partial charge in [0.15, 0.2) is 24.4 Å². The summed E-state index contributed by atoms with van der Waals surface area (Å²) in [6.07, 6.45) is -10.2. The average molecular weight is 1150 g/mol. The number of rotatable bonds is 20. The number of carbonyl (C=O) groups is 5. The van der Waals surface area contributed by atoms with E-state index in [1.54, 1.807) is 0 Å². The lowest BCUT2D eigenvalue weighted by Crippen LogP contribution is -2.64. The predicted molar refractivity (Wildman–Crippen MR) is 284 cm³/mol. The molecule has 15 nitrogen and oxygen atoms in total. The molecule has 2 heterocycles. The van der Waals surface area contributed by atoms with E-state index in [1.165, 1.54) is 27.7 Å². The summed E-state index contributed by atoms with van der Waals surface area (Å²) in [6, 6.07) is 57.1. The van der Waals surface area contributed by atoms with Crippen LogP contribution in [0.1, 0.15) is 68.0 Å². The lowest BCUT2D eigenvalue weighted by atomic mass is 9.80. The molecule has 76 heavy (non-hydrogen) atoms. The van der Waals surface area contributed by atoms with E-state index in [0.29, 0.717) is 16.7 Å². The maximum absolute atomic E-state index is 13.7. The van der Waals surface area contributed by atoms with E-state index in [2.05, 4.69) is 0 Å². The van der Waals surface area contributed by atoms with Gasteiger partial charge >= 0.3 is 29.8 Å². The van der Waals surface area contributed by atoms with Crippen LogP contribution in [0.3, 0.4) is 0 Å². The molecule has 0 aromatic heterocycles. The molecule has 16 heteroatoms. The molecule has 6 aromatic rings. The van der Waals surface area contributed by atoms with E-state index in [9.17, 15) is 24.0 Å². The molecule has 8 rings (SSSR count). The summed E-state index contributed by atoms with van der Waals surface area (Å²) in [5.41, 5.74) is 1.46. The topological polar surface area (TPSA) is 178 Å². The first-order valence-corrected chi connectivity index (χ1v) is 26.0. The summed E-state index contributed by atoms with van der Waals surface area (Å²) >= 11 is 1.98. The quantitative estimate of drug-likeness (QED) is 0.0233. The van der Waals surface area contributed by atoms with Crippen molar-refractivity contribution in [3.63, 3.8) is 0 Å². The highest BCUT2D eigenvalue weighted by Gasteiger charge is 2.65. The first-order valence-electron chi connectivity index (χ1n) is 24.8. The van der Waals surface area contributed by atoms with Gasteiger partial charge < -0.3 is 47.4 Å². The summed E-state index contributed by atoms with van der Waals surface area (Å²) in [7, 11) is 0. The molecular formula is C60H59IO15. The van der Waals surface area contributed by atoms with Crippen molar-refractivity contribution in [2.75, 3.05) is 19.8 Å². The van der Waals surface area contributed by atoms with Gasteiger partial charge in [-0.15, -0.1) is 0 Å². The Morgan fingerprint density at radius 1 is 0.447 bits per heavy atom. The highest BCUT2D eigenvalue weighted by Crippen LogP contribution is 2.48. The van der Waals surface area contributed by atoms with Gasteiger partial charge in [0, 0.05) is 34.6 Å². The number of hydrogen-bond acceptors (Lipinski definition) is 15. The zero-order chi connectivity index (χ0) is 53.9. The molecule has 0 N–H and O–H groups in total. The molecule has 0 unspecified atom stereocenters. The molecule has 0 bridgehead atoms. The lowest BCUT2D eigenvalue weighted by Gasteiger charge is -2.47. The molecule has 9 atom stereocenters. The molecule has 0 aliphatic carbocycles. The second-order valence-electron chi connectivity index (χ2n) is 18.3. The van der Waals surface area contributed by atoms with Crippen LogP contribution in [0.25, 0.3) is 0 Å². The number of hydrogen-bond donors (Lipinski definition) is 0. The Labute approximate surface area is 455 Å². The highest BCUT2D eigenvalue weighted by atomic mass is 127. The largest absolute Gasteiger partial charge is 0.463 e. The van der Waals surface area contributed by atoms with Crippen molar-refractivity contribution in [2.24, 2.45) is 0 Å². The third kappa shape index (κ3) is 12.2. The van der Waals surface area contributed by atoms with E-state index in [4.69, 9.17) is 47.4 Å². The molecule has 2 fully saturated rings. The maximum atomic E-state index is 13.7. The molecule has 0 radical (unpaired) electrons. The number of carbonyl (C=O) groups excluding carboxylic acids is 5. The summed E-state index contributed by atoms with van der Waals surface area (Å²) in [4.78, 5) is 65.6. The van der Waals surface area contributed by atoms with Gasteiger partial charge in [-0.3, -0.25) is 24.0 Å². The van der Waals surface area contributed by atoms with E-state index >= 15 is 0 Å². The highest BCUT2D eigenvalue weighted by molar-refractivity contribution is 14.1. The van der Waals surface area contributed by atoms with E-state index < -0.39 is 100 Å².